The second kappa shape index (κ2) is 6.43. The summed E-state index contributed by atoms with van der Waals surface area (Å²) in [6.45, 7) is 6.70. The Kier molecular flexibility index (Phi) is 4.86. The topological polar surface area (TPSA) is 71.1 Å². The molecule has 0 radical (unpaired) electrons. The minimum absolute atomic E-state index is 0.0621. The number of ether oxygens (including phenoxy) is 1. The number of benzene rings is 1. The van der Waals surface area contributed by atoms with E-state index in [1.54, 1.807) is 6.07 Å². The molecular weight excluding hydrogens is 278 g/mol. The molecule has 1 saturated heterocycles. The second-order valence-corrected chi connectivity index (χ2v) is 5.65. The third kappa shape index (κ3) is 3.62. The lowest BCUT2D eigenvalue weighted by molar-refractivity contribution is -0.0704. The van der Waals surface area contributed by atoms with Crippen molar-refractivity contribution >= 4 is 17.4 Å². The van der Waals surface area contributed by atoms with Gasteiger partial charge in [-0.05, 0) is 25.5 Å². The van der Waals surface area contributed by atoms with Crippen molar-refractivity contribution in [3.05, 3.63) is 34.3 Å². The van der Waals surface area contributed by atoms with Crippen molar-refractivity contribution in [2.75, 3.05) is 13.1 Å². The van der Waals surface area contributed by atoms with Gasteiger partial charge in [-0.2, -0.15) is 0 Å². The van der Waals surface area contributed by atoms with Gasteiger partial charge < -0.3 is 15.7 Å². The number of halogens is 1. The van der Waals surface area contributed by atoms with Crippen LogP contribution in [0.2, 0.25) is 5.02 Å². The van der Waals surface area contributed by atoms with Gasteiger partial charge in [0.05, 0.1) is 12.2 Å². The number of nitrogens with two attached hydrogens (primary N) is 1. The molecule has 6 heteroatoms. The first kappa shape index (κ1) is 15.1. The van der Waals surface area contributed by atoms with Gasteiger partial charge in [0.1, 0.15) is 0 Å². The van der Waals surface area contributed by atoms with Crippen LogP contribution in [0.3, 0.4) is 0 Å². The maximum atomic E-state index is 8.67. The molecule has 1 aromatic carbocycles. The highest BCUT2D eigenvalue weighted by molar-refractivity contribution is 6.31. The maximum Gasteiger partial charge on any atom is 0.170 e. The standard InChI is InChI=1S/C14H20ClN3O2/c1-9-6-18(7-10(2)20-9)8-12-4-3-11(5-13(12)15)14(16)17-19/h3-5,9-10,19H,6-8H2,1-2H3,(H2,16,17)/t9-,10+. The normalized spacial score (nSPS) is 24.9. The van der Waals surface area contributed by atoms with Crippen LogP contribution in [-0.4, -0.2) is 41.2 Å². The Balaban J connectivity index is 2.10. The van der Waals surface area contributed by atoms with E-state index in [4.69, 9.17) is 27.3 Å². The lowest BCUT2D eigenvalue weighted by Gasteiger charge is -2.35. The lowest BCUT2D eigenvalue weighted by atomic mass is 10.1. The van der Waals surface area contributed by atoms with Crippen LogP contribution in [-0.2, 0) is 11.3 Å². The monoisotopic (exact) mass is 297 g/mol. The summed E-state index contributed by atoms with van der Waals surface area (Å²) in [7, 11) is 0. The fraction of sp³-hybridized carbons (Fsp3) is 0.500. The zero-order valence-electron chi connectivity index (χ0n) is 11.7. The molecule has 0 aromatic heterocycles. The molecule has 3 N–H and O–H groups in total. The van der Waals surface area contributed by atoms with E-state index in [0.717, 1.165) is 25.2 Å². The van der Waals surface area contributed by atoms with Crippen LogP contribution < -0.4 is 5.73 Å². The first-order valence-corrected chi connectivity index (χ1v) is 7.01. The summed E-state index contributed by atoms with van der Waals surface area (Å²) in [5.74, 6) is 0.0621. The van der Waals surface area contributed by atoms with Crippen LogP contribution in [0, 0.1) is 0 Å². The number of nitrogens with zero attached hydrogens (tertiary/aromatic N) is 2. The Morgan fingerprint density at radius 2 is 2.10 bits per heavy atom. The van der Waals surface area contributed by atoms with Crippen molar-refractivity contribution in [2.24, 2.45) is 10.9 Å². The summed E-state index contributed by atoms with van der Waals surface area (Å²) in [4.78, 5) is 2.32. The van der Waals surface area contributed by atoms with Crippen molar-refractivity contribution in [3.63, 3.8) is 0 Å². The quantitative estimate of drug-likeness (QED) is 0.388. The van der Waals surface area contributed by atoms with Gasteiger partial charge in [0.25, 0.3) is 0 Å². The van der Waals surface area contributed by atoms with Crippen LogP contribution in [0.5, 0.6) is 0 Å². The van der Waals surface area contributed by atoms with Crippen LogP contribution in [0.1, 0.15) is 25.0 Å². The van der Waals surface area contributed by atoms with E-state index >= 15 is 0 Å². The number of amidine groups is 1. The number of hydrogen-bond acceptors (Lipinski definition) is 4. The molecule has 1 fully saturated rings. The van der Waals surface area contributed by atoms with Gasteiger partial charge in [0.2, 0.25) is 0 Å². The van der Waals surface area contributed by atoms with Gasteiger partial charge in [0, 0.05) is 30.2 Å². The predicted molar refractivity (Wildman–Crippen MR) is 79.2 cm³/mol. The average Bonchev–Trinajstić information content (AvgIpc) is 2.39. The molecule has 0 saturated carbocycles. The SMILES string of the molecule is C[C@@H]1CN(Cc2ccc(/C(N)=N/O)cc2Cl)C[C@H](C)O1. The van der Waals surface area contributed by atoms with E-state index in [9.17, 15) is 0 Å². The molecular formula is C14H20ClN3O2. The van der Waals surface area contributed by atoms with Crippen molar-refractivity contribution in [3.8, 4) is 0 Å². The highest BCUT2D eigenvalue weighted by Gasteiger charge is 2.22. The maximum absolute atomic E-state index is 8.67. The number of oxime groups is 1. The van der Waals surface area contributed by atoms with E-state index in [2.05, 4.69) is 23.9 Å². The molecule has 110 valence electrons. The van der Waals surface area contributed by atoms with Crippen molar-refractivity contribution in [1.82, 2.24) is 4.90 Å². The van der Waals surface area contributed by atoms with Gasteiger partial charge in [0.15, 0.2) is 5.84 Å². The van der Waals surface area contributed by atoms with Gasteiger partial charge >= 0.3 is 0 Å². The largest absolute Gasteiger partial charge is 0.409 e. The lowest BCUT2D eigenvalue weighted by Crippen LogP contribution is -2.44. The molecule has 0 bridgehead atoms. The second-order valence-electron chi connectivity index (χ2n) is 5.24. The number of hydrogen-bond donors (Lipinski definition) is 2. The third-order valence-electron chi connectivity index (χ3n) is 3.35. The number of rotatable bonds is 3. The molecule has 2 atom stereocenters. The summed E-state index contributed by atoms with van der Waals surface area (Å²) >= 11 is 6.27. The minimum atomic E-state index is 0.0621. The van der Waals surface area contributed by atoms with E-state index in [-0.39, 0.29) is 18.0 Å². The summed E-state index contributed by atoms with van der Waals surface area (Å²) in [6.07, 6.45) is 0.461. The van der Waals surface area contributed by atoms with E-state index in [1.165, 1.54) is 0 Å². The molecule has 0 amide bonds. The van der Waals surface area contributed by atoms with Gasteiger partial charge in [-0.1, -0.05) is 28.9 Å². The highest BCUT2D eigenvalue weighted by atomic mass is 35.5. The molecule has 2 rings (SSSR count). The number of morpholine rings is 1. The first-order valence-electron chi connectivity index (χ1n) is 6.63. The van der Waals surface area contributed by atoms with Gasteiger partial charge in [-0.25, -0.2) is 0 Å². The summed E-state index contributed by atoms with van der Waals surface area (Å²) in [6, 6.07) is 5.45. The predicted octanol–water partition coefficient (Wildman–Crippen LogP) is 2.04. The van der Waals surface area contributed by atoms with Crippen molar-refractivity contribution in [1.29, 1.82) is 0 Å². The summed E-state index contributed by atoms with van der Waals surface area (Å²) < 4.78 is 5.71. The molecule has 0 unspecified atom stereocenters. The average molecular weight is 298 g/mol. The molecule has 20 heavy (non-hydrogen) atoms. The van der Waals surface area contributed by atoms with E-state index in [1.807, 2.05) is 12.1 Å². The molecule has 1 aliphatic rings. The Hall–Kier alpha value is -1.30. The molecule has 0 spiro atoms. The van der Waals surface area contributed by atoms with Crippen molar-refractivity contribution in [2.45, 2.75) is 32.6 Å². The summed E-state index contributed by atoms with van der Waals surface area (Å²) in [5, 5.41) is 12.3. The first-order chi connectivity index (χ1) is 9.49. The van der Waals surface area contributed by atoms with Crippen LogP contribution in [0.25, 0.3) is 0 Å². The summed E-state index contributed by atoms with van der Waals surface area (Å²) in [5.41, 5.74) is 7.19. The fourth-order valence-corrected chi connectivity index (χ4v) is 2.79. The zero-order chi connectivity index (χ0) is 14.7. The van der Waals surface area contributed by atoms with E-state index in [0.29, 0.717) is 10.6 Å². The zero-order valence-corrected chi connectivity index (χ0v) is 12.5. The van der Waals surface area contributed by atoms with Gasteiger partial charge in [-0.15, -0.1) is 0 Å². The van der Waals surface area contributed by atoms with E-state index < -0.39 is 0 Å². The van der Waals surface area contributed by atoms with Gasteiger partial charge in [-0.3, -0.25) is 4.90 Å². The molecule has 1 aliphatic heterocycles. The van der Waals surface area contributed by atoms with Crippen LogP contribution >= 0.6 is 11.6 Å². The van der Waals surface area contributed by atoms with Crippen LogP contribution in [0.15, 0.2) is 23.4 Å². The Morgan fingerprint density at radius 1 is 1.45 bits per heavy atom. The Bertz CT molecular complexity index is 497. The minimum Gasteiger partial charge on any atom is -0.409 e. The smallest absolute Gasteiger partial charge is 0.170 e. The molecule has 5 nitrogen and oxygen atoms in total. The Labute approximate surface area is 124 Å². The molecule has 1 heterocycles. The Morgan fingerprint density at radius 3 is 2.65 bits per heavy atom. The third-order valence-corrected chi connectivity index (χ3v) is 3.70. The molecule has 0 aliphatic carbocycles. The highest BCUT2D eigenvalue weighted by Crippen LogP contribution is 2.21. The fourth-order valence-electron chi connectivity index (χ4n) is 2.55. The van der Waals surface area contributed by atoms with Crippen molar-refractivity contribution < 1.29 is 9.94 Å². The van der Waals surface area contributed by atoms with Crippen LogP contribution in [0.4, 0.5) is 0 Å². The molecule has 1 aromatic rings.